The normalized spacial score (nSPS) is 32.7. The number of aliphatic hydroxyl groups excluding tert-OH is 6. The molecule has 2 aromatic rings. The van der Waals surface area contributed by atoms with Crippen molar-refractivity contribution in [2.24, 2.45) is 0 Å². The van der Waals surface area contributed by atoms with Crippen molar-refractivity contribution in [1.29, 1.82) is 0 Å². The van der Waals surface area contributed by atoms with Gasteiger partial charge in [-0.2, -0.15) is 0 Å². The maximum atomic E-state index is 13.9. The number of esters is 2. The lowest BCUT2D eigenvalue weighted by Gasteiger charge is -2.43. The highest BCUT2D eigenvalue weighted by Crippen LogP contribution is 2.32. The molecule has 11 unspecified atom stereocenters. The summed E-state index contributed by atoms with van der Waals surface area (Å²) in [5, 5.41) is 83.1. The summed E-state index contributed by atoms with van der Waals surface area (Å²) >= 11 is 0. The van der Waals surface area contributed by atoms with Crippen molar-refractivity contribution in [3.8, 4) is 11.5 Å². The first-order valence-electron chi connectivity index (χ1n) is 16.7. The van der Waals surface area contributed by atoms with E-state index in [1.165, 1.54) is 37.3 Å². The molecule has 2 saturated heterocycles. The second kappa shape index (κ2) is 15.4. The van der Waals surface area contributed by atoms with Gasteiger partial charge in [0.1, 0.15) is 73.1 Å². The highest BCUT2D eigenvalue weighted by molar-refractivity contribution is 5.91. The number of aliphatic carboxylic acids is 1. The average Bonchev–Trinajstić information content (AvgIpc) is 3.39. The minimum absolute atomic E-state index is 0.0203. The van der Waals surface area contributed by atoms with Crippen LogP contribution in [0.15, 0.2) is 52.5 Å². The zero-order valence-corrected chi connectivity index (χ0v) is 28.0. The Morgan fingerprint density at radius 2 is 1.70 bits per heavy atom. The highest BCUT2D eigenvalue weighted by Gasteiger charge is 2.50. The largest absolute Gasteiger partial charge is 0.510 e. The molecule has 0 spiro atoms. The Morgan fingerprint density at radius 3 is 2.43 bits per heavy atom. The molecule has 2 aromatic carbocycles. The van der Waals surface area contributed by atoms with Gasteiger partial charge in [0.15, 0.2) is 18.1 Å². The van der Waals surface area contributed by atoms with Gasteiger partial charge in [-0.1, -0.05) is 18.2 Å². The average molecular weight is 747 g/mol. The van der Waals surface area contributed by atoms with Gasteiger partial charge < -0.3 is 69.3 Å². The number of cyclic esters (lactones) is 1. The van der Waals surface area contributed by atoms with Gasteiger partial charge in [-0.05, 0) is 36.4 Å². The molecular weight excluding hydrogens is 708 g/mol. The number of phenolic OH excluding ortho intramolecular Hbond substituents is 1. The Hall–Kier alpha value is -4.66. The van der Waals surface area contributed by atoms with E-state index in [2.05, 4.69) is 0 Å². The first-order valence-corrected chi connectivity index (χ1v) is 16.7. The third-order valence-corrected chi connectivity index (χ3v) is 9.47. The molecule has 286 valence electrons. The Balaban J connectivity index is 1.24. The van der Waals surface area contributed by atoms with Crippen LogP contribution in [-0.2, 0) is 50.9 Å². The number of benzene rings is 1. The molecule has 11 atom stereocenters. The molecule has 4 aliphatic rings. The minimum atomic E-state index is -1.97. The van der Waals surface area contributed by atoms with E-state index in [-0.39, 0.29) is 41.5 Å². The number of carboxylic acid groups (broad SMARTS) is 1. The molecule has 53 heavy (non-hydrogen) atoms. The molecule has 1 aliphatic carbocycles. The van der Waals surface area contributed by atoms with E-state index in [1.54, 1.807) is 6.07 Å². The van der Waals surface area contributed by atoms with E-state index in [9.17, 15) is 60.0 Å². The molecule has 2 fully saturated rings. The number of hydrogen-bond acceptors (Lipinski definition) is 17. The zero-order chi connectivity index (χ0) is 38.3. The fourth-order valence-corrected chi connectivity index (χ4v) is 6.61. The number of phenols is 1. The molecule has 0 radical (unpaired) electrons. The molecular formula is C35H38O18. The van der Waals surface area contributed by atoms with Gasteiger partial charge in [0, 0.05) is 23.6 Å². The van der Waals surface area contributed by atoms with Gasteiger partial charge in [-0.25, -0.2) is 9.59 Å². The van der Waals surface area contributed by atoms with Crippen LogP contribution in [0.2, 0.25) is 0 Å². The van der Waals surface area contributed by atoms with E-state index in [0.29, 0.717) is 11.1 Å². The van der Waals surface area contributed by atoms with Crippen LogP contribution in [0.1, 0.15) is 24.5 Å². The van der Waals surface area contributed by atoms with Gasteiger partial charge in [0.2, 0.25) is 5.43 Å². The summed E-state index contributed by atoms with van der Waals surface area (Å²) in [7, 11) is 0. The number of carboxylic acids is 1. The van der Waals surface area contributed by atoms with Crippen molar-refractivity contribution >= 4 is 28.7 Å². The third-order valence-electron chi connectivity index (χ3n) is 9.47. The molecule has 3 aliphatic heterocycles. The molecule has 0 bridgehead atoms. The van der Waals surface area contributed by atoms with Crippen LogP contribution in [0.3, 0.4) is 0 Å². The molecule has 18 heteroatoms. The van der Waals surface area contributed by atoms with Crippen molar-refractivity contribution < 1.29 is 83.7 Å². The van der Waals surface area contributed by atoms with Crippen molar-refractivity contribution in [3.05, 3.63) is 69.1 Å². The van der Waals surface area contributed by atoms with Crippen LogP contribution in [0.25, 0.3) is 10.8 Å². The van der Waals surface area contributed by atoms with Crippen LogP contribution in [0.4, 0.5) is 0 Å². The number of hydrogen-bond donors (Lipinski definition) is 8. The van der Waals surface area contributed by atoms with Gasteiger partial charge >= 0.3 is 17.9 Å². The number of carbonyl (C=O) groups is 3. The number of aliphatic hydroxyl groups is 6. The fourth-order valence-electron chi connectivity index (χ4n) is 6.61. The number of rotatable bonds is 11. The topological polar surface area (TPSA) is 286 Å². The van der Waals surface area contributed by atoms with Gasteiger partial charge in [0.05, 0.1) is 18.4 Å². The Kier molecular flexibility index (Phi) is 11.0. The van der Waals surface area contributed by atoms with Gasteiger partial charge in [0.25, 0.3) is 0 Å². The zero-order valence-electron chi connectivity index (χ0n) is 28.0. The van der Waals surface area contributed by atoms with Crippen LogP contribution >= 0.6 is 0 Å². The highest BCUT2D eigenvalue weighted by atomic mass is 16.7. The number of carbonyl (C=O) groups excluding carboxylic acids is 2. The number of aromatic hydroxyl groups is 1. The molecule has 3 heterocycles. The van der Waals surface area contributed by atoms with Crippen LogP contribution in [0.5, 0.6) is 11.5 Å². The third kappa shape index (κ3) is 7.85. The molecule has 0 amide bonds. The van der Waals surface area contributed by atoms with Crippen LogP contribution < -0.4 is 10.2 Å². The van der Waals surface area contributed by atoms with E-state index >= 15 is 0 Å². The lowest BCUT2D eigenvalue weighted by molar-refractivity contribution is -0.329. The summed E-state index contributed by atoms with van der Waals surface area (Å²) < 4.78 is 33.2. The lowest BCUT2D eigenvalue weighted by Crippen LogP contribution is -2.63. The van der Waals surface area contributed by atoms with E-state index in [0.717, 1.165) is 0 Å². The van der Waals surface area contributed by atoms with Crippen molar-refractivity contribution in [2.45, 2.75) is 93.5 Å². The molecule has 18 nitrogen and oxygen atoms in total. The Bertz CT molecular complexity index is 1890. The number of ether oxygens (including phenoxy) is 6. The fraction of sp³-hybridized carbons (Fsp3) is 0.486. The summed E-state index contributed by atoms with van der Waals surface area (Å²) in [6.07, 6.45) is -14.2. The summed E-state index contributed by atoms with van der Waals surface area (Å²) in [6.45, 7) is 0.670. The van der Waals surface area contributed by atoms with E-state index in [1.807, 2.05) is 0 Å². The monoisotopic (exact) mass is 746 g/mol. The molecule has 8 N–H and O–H groups in total. The van der Waals surface area contributed by atoms with E-state index < -0.39 is 115 Å². The van der Waals surface area contributed by atoms with Crippen molar-refractivity contribution in [3.63, 3.8) is 0 Å². The Morgan fingerprint density at radius 1 is 0.943 bits per heavy atom. The number of fused-ring (bicyclic) bond motifs is 2. The molecule has 0 aromatic heterocycles. The second-order valence-electron chi connectivity index (χ2n) is 13.2. The minimum Gasteiger partial charge on any atom is -0.510 e. The predicted molar refractivity (Wildman–Crippen MR) is 175 cm³/mol. The van der Waals surface area contributed by atoms with Crippen LogP contribution in [0, 0.1) is 0 Å². The van der Waals surface area contributed by atoms with Crippen molar-refractivity contribution in [2.75, 3.05) is 13.2 Å². The van der Waals surface area contributed by atoms with Crippen LogP contribution in [-0.4, -0.2) is 139 Å². The summed E-state index contributed by atoms with van der Waals surface area (Å²) in [6, 6.07) is 5.67. The summed E-state index contributed by atoms with van der Waals surface area (Å²) in [4.78, 5) is 48.7. The summed E-state index contributed by atoms with van der Waals surface area (Å²) in [5.74, 6) is -4.00. The predicted octanol–water partition coefficient (Wildman–Crippen LogP) is -1.60. The maximum Gasteiger partial charge on any atom is 0.338 e. The molecule has 0 saturated carbocycles. The van der Waals surface area contributed by atoms with Gasteiger partial charge in [-0.15, -0.1) is 0 Å². The first-order chi connectivity index (χ1) is 25.1. The maximum absolute atomic E-state index is 13.9. The first kappa shape index (κ1) is 38.1. The molecule has 6 rings (SSSR count). The van der Waals surface area contributed by atoms with Crippen molar-refractivity contribution in [1.82, 2.24) is 0 Å². The lowest BCUT2D eigenvalue weighted by atomic mass is 9.96. The SMILES string of the molecule is CC1OC(=O)C(O)C(O)C1OC1OC(COc2cc(CCOC3CC4OC(=O)C=C4C=C3O)cc3ccc(CC(=O)O)c(O)c3c2=O)C(O)C(O)C1O. The second-order valence-corrected chi connectivity index (χ2v) is 13.2. The smallest absolute Gasteiger partial charge is 0.338 e. The van der Waals surface area contributed by atoms with E-state index in [4.69, 9.17) is 28.4 Å². The summed E-state index contributed by atoms with van der Waals surface area (Å²) in [5.41, 5.74) is 0.0153. The standard InChI is InChI=1S/C35H38O18/c1-13-33(30(44)31(45)34(47)50-13)53-35-32(46)29(43)28(42)22(52-35)12-49-21-7-14(4-5-48-20-11-19-17(8-18(20)36)10-24(39)51-19)6-15-2-3-16(9-23(37)38)26(40)25(15)27(21)41/h2-3,6-8,10,13,19-20,22,28-33,35-36,40,42-46H,4-5,9,11-12H2,1H3,(H,37,38). The quantitative estimate of drug-likeness (QED) is 0.120. The van der Waals surface area contributed by atoms with Gasteiger partial charge in [-0.3, -0.25) is 9.59 Å². The Labute approximate surface area is 299 Å².